The Balaban J connectivity index is 1.72. The van der Waals surface area contributed by atoms with Crippen LogP contribution in [-0.4, -0.2) is 41.3 Å². The highest BCUT2D eigenvalue weighted by Gasteiger charge is 2.21. The molecular formula is C30H36N4O2. The van der Waals surface area contributed by atoms with Crippen molar-refractivity contribution in [2.75, 3.05) is 20.1 Å². The number of amides is 1. The van der Waals surface area contributed by atoms with Crippen LogP contribution in [0, 0.1) is 0 Å². The Hall–Kier alpha value is -3.67. The van der Waals surface area contributed by atoms with Crippen molar-refractivity contribution in [2.45, 2.75) is 53.0 Å². The van der Waals surface area contributed by atoms with Crippen LogP contribution < -0.4 is 10.9 Å². The minimum atomic E-state index is 0.0496. The molecule has 0 atom stereocenters. The summed E-state index contributed by atoms with van der Waals surface area (Å²) in [4.78, 5) is 32.9. The Morgan fingerprint density at radius 1 is 1.00 bits per heavy atom. The summed E-state index contributed by atoms with van der Waals surface area (Å²) in [5.74, 6) is 0.857. The summed E-state index contributed by atoms with van der Waals surface area (Å²) >= 11 is 0. The van der Waals surface area contributed by atoms with Crippen LogP contribution in [0.3, 0.4) is 0 Å². The van der Waals surface area contributed by atoms with Crippen LogP contribution in [0.5, 0.6) is 0 Å². The molecule has 0 fully saturated rings. The van der Waals surface area contributed by atoms with Gasteiger partial charge >= 0.3 is 0 Å². The van der Waals surface area contributed by atoms with Crippen LogP contribution in [0.1, 0.15) is 52.0 Å². The number of aromatic nitrogens is 1. The molecule has 1 N–H and O–H groups in total. The quantitative estimate of drug-likeness (QED) is 0.442. The summed E-state index contributed by atoms with van der Waals surface area (Å²) in [5, 5.41) is 4.84. The normalized spacial score (nSPS) is 13.0. The van der Waals surface area contributed by atoms with E-state index in [4.69, 9.17) is 4.99 Å². The van der Waals surface area contributed by atoms with Crippen molar-refractivity contribution in [3.63, 3.8) is 0 Å². The molecule has 1 amide bonds. The number of nitrogens with zero attached hydrogens (tertiary/aromatic N) is 3. The molecular weight excluding hydrogens is 448 g/mol. The number of nitrogens with one attached hydrogen (secondary N) is 1. The Morgan fingerprint density at radius 3 is 2.42 bits per heavy atom. The molecule has 188 valence electrons. The fraction of sp³-hybridized carbons (Fsp3) is 0.367. The van der Waals surface area contributed by atoms with Crippen LogP contribution in [0.25, 0.3) is 28.0 Å². The monoisotopic (exact) mass is 484 g/mol. The van der Waals surface area contributed by atoms with Gasteiger partial charge in [-0.25, -0.2) is 4.99 Å². The number of pyridine rings is 1. The van der Waals surface area contributed by atoms with Crippen LogP contribution in [0.4, 0.5) is 5.69 Å². The highest BCUT2D eigenvalue weighted by molar-refractivity contribution is 6.06. The van der Waals surface area contributed by atoms with E-state index in [0.717, 1.165) is 83.5 Å². The van der Waals surface area contributed by atoms with Crippen LogP contribution in [-0.2, 0) is 11.3 Å². The maximum Gasteiger partial charge on any atom is 0.258 e. The molecule has 4 rings (SSSR count). The van der Waals surface area contributed by atoms with Gasteiger partial charge in [0.15, 0.2) is 0 Å². The minimum absolute atomic E-state index is 0.0496. The summed E-state index contributed by atoms with van der Waals surface area (Å²) in [6, 6.07) is 14.1. The third-order valence-electron chi connectivity index (χ3n) is 6.59. The van der Waals surface area contributed by atoms with Gasteiger partial charge in [-0.3, -0.25) is 9.59 Å². The lowest BCUT2D eigenvalue weighted by molar-refractivity contribution is -0.127. The zero-order chi connectivity index (χ0) is 25.7. The first kappa shape index (κ1) is 25.4. The number of aryl methyl sites for hydroxylation is 1. The summed E-state index contributed by atoms with van der Waals surface area (Å²) in [5.41, 5.74) is 4.62. The first-order valence-corrected chi connectivity index (χ1v) is 13.0. The third-order valence-corrected chi connectivity index (χ3v) is 6.59. The van der Waals surface area contributed by atoms with Crippen LogP contribution in [0.15, 0.2) is 64.0 Å². The molecule has 1 aliphatic rings. The van der Waals surface area contributed by atoms with E-state index >= 15 is 0 Å². The lowest BCUT2D eigenvalue weighted by Crippen LogP contribution is -2.34. The summed E-state index contributed by atoms with van der Waals surface area (Å²) < 4.78 is 1.77. The van der Waals surface area contributed by atoms with Gasteiger partial charge in [0.25, 0.3) is 5.56 Å². The maximum atomic E-state index is 13.4. The van der Waals surface area contributed by atoms with Crippen molar-refractivity contribution in [1.29, 1.82) is 0 Å². The Morgan fingerprint density at radius 2 is 1.72 bits per heavy atom. The lowest BCUT2D eigenvalue weighted by Gasteiger charge is -2.23. The van der Waals surface area contributed by atoms with E-state index < -0.39 is 0 Å². The van der Waals surface area contributed by atoms with E-state index in [9.17, 15) is 9.59 Å². The van der Waals surface area contributed by atoms with Crippen molar-refractivity contribution in [1.82, 2.24) is 14.8 Å². The molecule has 3 aromatic rings. The number of carbonyl (C=O) groups is 1. The lowest BCUT2D eigenvalue weighted by atomic mass is 9.99. The van der Waals surface area contributed by atoms with Crippen molar-refractivity contribution < 1.29 is 4.79 Å². The van der Waals surface area contributed by atoms with Crippen LogP contribution >= 0.6 is 0 Å². The largest absolute Gasteiger partial charge is 0.376 e. The average molecular weight is 485 g/mol. The van der Waals surface area contributed by atoms with E-state index in [2.05, 4.69) is 44.3 Å². The second kappa shape index (κ2) is 11.4. The number of carbonyl (C=O) groups excluding carboxylic acids is 1. The van der Waals surface area contributed by atoms with Gasteiger partial charge in [0, 0.05) is 55.8 Å². The maximum absolute atomic E-state index is 13.4. The smallest absolute Gasteiger partial charge is 0.258 e. The molecule has 36 heavy (non-hydrogen) atoms. The summed E-state index contributed by atoms with van der Waals surface area (Å²) in [7, 11) is 1.85. The highest BCUT2D eigenvalue weighted by Crippen LogP contribution is 2.33. The van der Waals surface area contributed by atoms with E-state index in [-0.39, 0.29) is 11.5 Å². The molecule has 0 spiro atoms. The van der Waals surface area contributed by atoms with Crippen molar-refractivity contribution in [3.8, 4) is 11.1 Å². The highest BCUT2D eigenvalue weighted by atomic mass is 16.2. The SMILES string of the molecule is CCCN(CCC)C(=O)C1=Cc2ccc(-c3ccc4c(=O)n(CCC)ccc4c3)cc2N=C(NC)C1. The molecule has 0 radical (unpaired) electrons. The van der Waals surface area contributed by atoms with Gasteiger partial charge in [-0.15, -0.1) is 0 Å². The molecule has 0 saturated heterocycles. The standard InChI is InChI=1S/C30H36N4O2/c1-5-13-33(14-6-2)29(35)25-18-24-9-8-22(19-27(24)32-28(20-25)31-4)21-10-11-26-23(17-21)12-16-34(15-7-3)30(26)36/h8-12,16-19H,5-7,13-15,20H2,1-4H3,(H,31,32). The van der Waals surface area contributed by atoms with E-state index in [1.807, 2.05) is 48.5 Å². The third kappa shape index (κ3) is 5.27. The van der Waals surface area contributed by atoms with Crippen molar-refractivity contribution in [2.24, 2.45) is 4.99 Å². The Bertz CT molecular complexity index is 1380. The fourth-order valence-electron chi connectivity index (χ4n) is 4.77. The number of amidine groups is 1. The van der Waals surface area contributed by atoms with Gasteiger partial charge in [-0.05, 0) is 66.1 Å². The summed E-state index contributed by atoms with van der Waals surface area (Å²) in [6.07, 6.45) is 7.13. The molecule has 6 heteroatoms. The number of fused-ring (bicyclic) bond motifs is 2. The predicted molar refractivity (Wildman–Crippen MR) is 150 cm³/mol. The number of hydrogen-bond donors (Lipinski definition) is 1. The van der Waals surface area contributed by atoms with Crippen molar-refractivity contribution >= 4 is 34.3 Å². The molecule has 6 nitrogen and oxygen atoms in total. The van der Waals surface area contributed by atoms with Gasteiger partial charge in [-0.1, -0.05) is 39.0 Å². The van der Waals surface area contributed by atoms with Gasteiger partial charge < -0.3 is 14.8 Å². The molecule has 0 aliphatic carbocycles. The number of benzene rings is 2. The van der Waals surface area contributed by atoms with Crippen LogP contribution in [0.2, 0.25) is 0 Å². The Labute approximate surface area is 213 Å². The van der Waals surface area contributed by atoms with E-state index in [1.54, 1.807) is 4.57 Å². The first-order chi connectivity index (χ1) is 17.5. The molecule has 0 unspecified atom stereocenters. The zero-order valence-corrected chi connectivity index (χ0v) is 21.8. The first-order valence-electron chi connectivity index (χ1n) is 13.0. The molecule has 1 aromatic heterocycles. The van der Waals surface area contributed by atoms with E-state index in [1.165, 1.54) is 0 Å². The molecule has 0 saturated carbocycles. The second-order valence-electron chi connectivity index (χ2n) is 9.34. The van der Waals surface area contributed by atoms with Gasteiger partial charge in [0.05, 0.1) is 5.69 Å². The predicted octanol–water partition coefficient (Wildman–Crippen LogP) is 5.76. The summed E-state index contributed by atoms with van der Waals surface area (Å²) in [6.45, 7) is 8.51. The zero-order valence-electron chi connectivity index (χ0n) is 21.8. The fourth-order valence-corrected chi connectivity index (χ4v) is 4.77. The topological polar surface area (TPSA) is 66.7 Å². The molecule has 2 aromatic carbocycles. The van der Waals surface area contributed by atoms with Gasteiger partial charge in [0.1, 0.15) is 5.84 Å². The molecule has 0 bridgehead atoms. The number of hydrogen-bond acceptors (Lipinski definition) is 4. The second-order valence-corrected chi connectivity index (χ2v) is 9.34. The minimum Gasteiger partial charge on any atom is -0.376 e. The number of aliphatic imine (C=N–C) groups is 1. The average Bonchev–Trinajstić information content (AvgIpc) is 3.08. The van der Waals surface area contributed by atoms with E-state index in [0.29, 0.717) is 6.42 Å². The van der Waals surface area contributed by atoms with Gasteiger partial charge in [0.2, 0.25) is 5.91 Å². The Kier molecular flexibility index (Phi) is 8.04. The molecule has 2 heterocycles. The van der Waals surface area contributed by atoms with Gasteiger partial charge in [-0.2, -0.15) is 0 Å². The molecule has 1 aliphatic heterocycles. The number of rotatable bonds is 8. The van der Waals surface area contributed by atoms with Crippen molar-refractivity contribution in [3.05, 3.63) is 70.2 Å².